The molecule has 0 N–H and O–H groups in total. The van der Waals surface area contributed by atoms with Crippen LogP contribution in [0.4, 0.5) is 5.69 Å². The average molecular weight is 189 g/mol. The van der Waals surface area contributed by atoms with Gasteiger partial charge in [-0.2, -0.15) is 0 Å². The Morgan fingerprint density at radius 1 is 1.50 bits per heavy atom. The highest BCUT2D eigenvalue weighted by molar-refractivity contribution is 5.63. The molecule has 1 aliphatic heterocycles. The minimum absolute atomic E-state index is 0.937. The summed E-state index contributed by atoms with van der Waals surface area (Å²) in [7, 11) is 1.70. The van der Waals surface area contributed by atoms with Crippen molar-refractivity contribution >= 4 is 5.69 Å². The molecular formula is C12H15NO. The zero-order chi connectivity index (χ0) is 10.1. The standard InChI is InChI=1S/C12H15NO/c1-9(2)13-7-6-10-8-11(14-3)4-5-12(10)13/h4-5,8H,1,6-7H2,2-3H3. The van der Waals surface area contributed by atoms with Crippen LogP contribution in [0.3, 0.4) is 0 Å². The van der Waals surface area contributed by atoms with E-state index in [-0.39, 0.29) is 0 Å². The van der Waals surface area contributed by atoms with Crippen LogP contribution in [0.5, 0.6) is 5.75 Å². The molecule has 0 radical (unpaired) electrons. The van der Waals surface area contributed by atoms with Crippen LogP contribution in [-0.4, -0.2) is 13.7 Å². The number of hydrogen-bond acceptors (Lipinski definition) is 2. The third-order valence-corrected chi connectivity index (χ3v) is 2.64. The van der Waals surface area contributed by atoms with E-state index in [1.807, 2.05) is 13.0 Å². The number of methoxy groups -OCH3 is 1. The molecular weight excluding hydrogens is 174 g/mol. The van der Waals surface area contributed by atoms with Crippen LogP contribution in [0.15, 0.2) is 30.5 Å². The number of fused-ring (bicyclic) bond motifs is 1. The first-order valence-electron chi connectivity index (χ1n) is 4.82. The third-order valence-electron chi connectivity index (χ3n) is 2.64. The number of hydrogen-bond donors (Lipinski definition) is 0. The van der Waals surface area contributed by atoms with E-state index >= 15 is 0 Å². The first-order valence-corrected chi connectivity index (χ1v) is 4.82. The van der Waals surface area contributed by atoms with E-state index in [2.05, 4.69) is 23.6 Å². The van der Waals surface area contributed by atoms with E-state index < -0.39 is 0 Å². The minimum Gasteiger partial charge on any atom is -0.497 e. The fourth-order valence-corrected chi connectivity index (χ4v) is 1.90. The van der Waals surface area contributed by atoms with Crippen LogP contribution in [0.1, 0.15) is 12.5 Å². The molecule has 0 saturated carbocycles. The molecule has 74 valence electrons. The summed E-state index contributed by atoms with van der Waals surface area (Å²) >= 11 is 0. The van der Waals surface area contributed by atoms with Gasteiger partial charge in [0, 0.05) is 17.9 Å². The van der Waals surface area contributed by atoms with Gasteiger partial charge in [-0.05, 0) is 37.1 Å². The predicted molar refractivity (Wildman–Crippen MR) is 58.9 cm³/mol. The van der Waals surface area contributed by atoms with Gasteiger partial charge in [-0.3, -0.25) is 0 Å². The van der Waals surface area contributed by atoms with Crippen molar-refractivity contribution in [3.05, 3.63) is 36.0 Å². The highest BCUT2D eigenvalue weighted by atomic mass is 16.5. The Bertz CT molecular complexity index is 371. The van der Waals surface area contributed by atoms with Crippen molar-refractivity contribution in [1.82, 2.24) is 0 Å². The molecule has 1 aromatic carbocycles. The molecule has 0 atom stereocenters. The topological polar surface area (TPSA) is 12.5 Å². The summed E-state index contributed by atoms with van der Waals surface area (Å²) in [5.41, 5.74) is 3.74. The zero-order valence-corrected chi connectivity index (χ0v) is 8.71. The highest BCUT2D eigenvalue weighted by Crippen LogP contribution is 2.32. The SMILES string of the molecule is C=C(C)N1CCc2cc(OC)ccc21. The van der Waals surface area contributed by atoms with Crippen LogP contribution >= 0.6 is 0 Å². The molecule has 0 aromatic heterocycles. The van der Waals surface area contributed by atoms with Crippen molar-refractivity contribution in [1.29, 1.82) is 0 Å². The maximum absolute atomic E-state index is 5.19. The number of anilines is 1. The lowest BCUT2D eigenvalue weighted by Gasteiger charge is -2.18. The van der Waals surface area contributed by atoms with Crippen molar-refractivity contribution in [3.8, 4) is 5.75 Å². The fourth-order valence-electron chi connectivity index (χ4n) is 1.90. The Labute approximate surface area is 84.8 Å². The molecule has 1 aliphatic rings. The van der Waals surface area contributed by atoms with Crippen molar-refractivity contribution in [2.75, 3.05) is 18.6 Å². The summed E-state index contributed by atoms with van der Waals surface area (Å²) in [6.07, 6.45) is 1.08. The lowest BCUT2D eigenvalue weighted by molar-refractivity contribution is 0.414. The number of ether oxygens (including phenoxy) is 1. The summed E-state index contributed by atoms with van der Waals surface area (Å²) in [6.45, 7) is 7.05. The Morgan fingerprint density at radius 3 is 2.93 bits per heavy atom. The van der Waals surface area contributed by atoms with E-state index in [0.717, 1.165) is 24.4 Å². The van der Waals surface area contributed by atoms with Crippen molar-refractivity contribution in [3.63, 3.8) is 0 Å². The van der Waals surface area contributed by atoms with Gasteiger partial charge >= 0.3 is 0 Å². The van der Waals surface area contributed by atoms with Crippen molar-refractivity contribution in [2.24, 2.45) is 0 Å². The fraction of sp³-hybridized carbons (Fsp3) is 0.333. The molecule has 0 aliphatic carbocycles. The second-order valence-electron chi connectivity index (χ2n) is 3.63. The summed E-state index contributed by atoms with van der Waals surface area (Å²) in [5, 5.41) is 0. The van der Waals surface area contributed by atoms with Crippen LogP contribution in [0.2, 0.25) is 0 Å². The Balaban J connectivity index is 2.38. The zero-order valence-electron chi connectivity index (χ0n) is 8.71. The third kappa shape index (κ3) is 1.37. The lowest BCUT2D eigenvalue weighted by atomic mass is 10.1. The van der Waals surface area contributed by atoms with E-state index in [9.17, 15) is 0 Å². The van der Waals surface area contributed by atoms with Gasteiger partial charge in [-0.15, -0.1) is 0 Å². The van der Waals surface area contributed by atoms with E-state index in [4.69, 9.17) is 4.74 Å². The van der Waals surface area contributed by atoms with Gasteiger partial charge in [0.1, 0.15) is 5.75 Å². The smallest absolute Gasteiger partial charge is 0.119 e. The number of allylic oxidation sites excluding steroid dienone is 1. The van der Waals surface area contributed by atoms with Gasteiger partial charge in [0.25, 0.3) is 0 Å². The van der Waals surface area contributed by atoms with Crippen molar-refractivity contribution < 1.29 is 4.74 Å². The molecule has 2 rings (SSSR count). The van der Waals surface area contributed by atoms with Gasteiger partial charge in [-0.25, -0.2) is 0 Å². The molecule has 0 bridgehead atoms. The molecule has 2 nitrogen and oxygen atoms in total. The summed E-state index contributed by atoms with van der Waals surface area (Å²) < 4.78 is 5.19. The summed E-state index contributed by atoms with van der Waals surface area (Å²) in [6, 6.07) is 6.22. The minimum atomic E-state index is 0.937. The second-order valence-corrected chi connectivity index (χ2v) is 3.63. The molecule has 0 unspecified atom stereocenters. The average Bonchev–Trinajstić information content (AvgIpc) is 2.59. The maximum Gasteiger partial charge on any atom is 0.119 e. The molecule has 0 amide bonds. The Hall–Kier alpha value is -1.44. The van der Waals surface area contributed by atoms with Gasteiger partial charge in [0.2, 0.25) is 0 Å². The predicted octanol–water partition coefficient (Wildman–Crippen LogP) is 2.59. The van der Waals surface area contributed by atoms with Crippen LogP contribution in [-0.2, 0) is 6.42 Å². The highest BCUT2D eigenvalue weighted by Gasteiger charge is 2.19. The van der Waals surface area contributed by atoms with Crippen molar-refractivity contribution in [2.45, 2.75) is 13.3 Å². The number of nitrogens with zero attached hydrogens (tertiary/aromatic N) is 1. The molecule has 1 heterocycles. The van der Waals surface area contributed by atoms with Gasteiger partial charge in [0.15, 0.2) is 0 Å². The number of rotatable bonds is 2. The molecule has 1 aromatic rings. The first-order chi connectivity index (χ1) is 6.72. The lowest BCUT2D eigenvalue weighted by Crippen LogP contribution is -2.16. The largest absolute Gasteiger partial charge is 0.497 e. The van der Waals surface area contributed by atoms with Gasteiger partial charge in [-0.1, -0.05) is 6.58 Å². The van der Waals surface area contributed by atoms with E-state index in [0.29, 0.717) is 0 Å². The quantitative estimate of drug-likeness (QED) is 0.709. The van der Waals surface area contributed by atoms with Gasteiger partial charge < -0.3 is 9.64 Å². The maximum atomic E-state index is 5.19. The molecule has 0 saturated heterocycles. The van der Waals surface area contributed by atoms with Crippen LogP contribution in [0, 0.1) is 0 Å². The van der Waals surface area contributed by atoms with Gasteiger partial charge in [0.05, 0.1) is 7.11 Å². The molecule has 14 heavy (non-hydrogen) atoms. The monoisotopic (exact) mass is 189 g/mol. The normalized spacial score (nSPS) is 14.0. The molecule has 0 fully saturated rings. The Kier molecular flexibility index (Phi) is 2.20. The summed E-state index contributed by atoms with van der Waals surface area (Å²) in [4.78, 5) is 2.24. The van der Waals surface area contributed by atoms with E-state index in [1.54, 1.807) is 7.11 Å². The number of benzene rings is 1. The van der Waals surface area contributed by atoms with Crippen LogP contribution < -0.4 is 9.64 Å². The first kappa shape index (κ1) is 9.13. The summed E-state index contributed by atoms with van der Waals surface area (Å²) in [5.74, 6) is 0.937. The van der Waals surface area contributed by atoms with Crippen LogP contribution in [0.25, 0.3) is 0 Å². The molecule has 0 spiro atoms. The Morgan fingerprint density at radius 2 is 2.29 bits per heavy atom. The second kappa shape index (κ2) is 3.37. The molecule has 2 heteroatoms. The van der Waals surface area contributed by atoms with E-state index in [1.165, 1.54) is 11.3 Å².